The van der Waals surface area contributed by atoms with Gasteiger partial charge >= 0.3 is 76.9 Å². The molecule has 4 heteroatoms. The Kier molecular flexibility index (Phi) is 1.79. The van der Waals surface area contributed by atoms with Crippen LogP contribution in [0.5, 0.6) is 0 Å². The van der Waals surface area contributed by atoms with Crippen molar-refractivity contribution >= 4 is 19.6 Å². The van der Waals surface area contributed by atoms with Gasteiger partial charge in [0.25, 0.3) is 0 Å². The van der Waals surface area contributed by atoms with E-state index in [1.54, 1.807) is 0 Å². The van der Waals surface area contributed by atoms with E-state index in [9.17, 15) is 5.11 Å². The predicted octanol–water partition coefficient (Wildman–Crippen LogP) is 0.342. The van der Waals surface area contributed by atoms with Gasteiger partial charge in [-0.3, -0.25) is 0 Å². The second-order valence-corrected chi connectivity index (χ2v) is 4.76. The Bertz CT molecular complexity index is 304. The van der Waals surface area contributed by atoms with Crippen molar-refractivity contribution in [1.82, 2.24) is 4.98 Å². The average Bonchev–Trinajstić information content (AvgIpc) is 2.65. The fraction of sp³-hybridized carbons (Fsp3) is 0.625. The quantitative estimate of drug-likeness (QED) is 0.748. The van der Waals surface area contributed by atoms with E-state index in [0.29, 0.717) is 20.8 Å². The molecule has 0 atom stereocenters. The normalized spacial score (nSPS) is 19.6. The van der Waals surface area contributed by atoms with Gasteiger partial charge in [0.05, 0.1) is 0 Å². The van der Waals surface area contributed by atoms with Gasteiger partial charge < -0.3 is 0 Å². The third-order valence-electron chi connectivity index (χ3n) is 2.06. The topological polar surface area (TPSA) is 46.3 Å². The van der Waals surface area contributed by atoms with Gasteiger partial charge in [-0.2, -0.15) is 0 Å². The summed E-state index contributed by atoms with van der Waals surface area (Å²) in [6, 6.07) is 0. The van der Waals surface area contributed by atoms with Crippen molar-refractivity contribution in [2.45, 2.75) is 31.2 Å². The first-order valence-electron chi connectivity index (χ1n) is 3.90. The molecule has 1 aliphatic rings. The van der Waals surface area contributed by atoms with Crippen LogP contribution in [0.15, 0.2) is 4.42 Å². The second-order valence-electron chi connectivity index (χ2n) is 3.13. The summed E-state index contributed by atoms with van der Waals surface area (Å²) in [4.78, 5) is 4.21. The minimum atomic E-state index is -0.714. The summed E-state index contributed by atoms with van der Waals surface area (Å²) in [5.41, 5.74) is 0.224. The van der Waals surface area contributed by atoms with Crippen LogP contribution in [0, 0.1) is 6.92 Å². The molecule has 1 heterocycles. The Labute approximate surface area is 77.3 Å². The van der Waals surface area contributed by atoms with E-state index in [2.05, 4.69) is 10.8 Å². The molecule has 1 fully saturated rings. The minimum absolute atomic E-state index is 0.334. The molecule has 0 spiro atoms. The van der Waals surface area contributed by atoms with Crippen molar-refractivity contribution in [1.29, 1.82) is 0 Å². The van der Waals surface area contributed by atoms with Crippen molar-refractivity contribution in [3.8, 4) is 0 Å². The molecule has 2 rings (SSSR count). The molecule has 1 aliphatic carbocycles. The first kappa shape index (κ1) is 8.30. The first-order chi connectivity index (χ1) is 5.65. The van der Waals surface area contributed by atoms with Crippen molar-refractivity contribution in [3.63, 3.8) is 0 Å². The molecule has 0 aliphatic heterocycles. The Balaban J connectivity index is 2.34. The fourth-order valence-electron chi connectivity index (χ4n) is 1.10. The van der Waals surface area contributed by atoms with Crippen LogP contribution in [0.3, 0.4) is 0 Å². The molecule has 0 amide bonds. The van der Waals surface area contributed by atoms with Crippen LogP contribution in [0.4, 0.5) is 0 Å². The van der Waals surface area contributed by atoms with E-state index in [0.717, 1.165) is 23.2 Å². The van der Waals surface area contributed by atoms with Crippen LogP contribution in [0.1, 0.15) is 24.4 Å². The molecule has 1 saturated carbocycles. The molecule has 1 aromatic rings. The Morgan fingerprint density at radius 3 is 2.67 bits per heavy atom. The number of aryl methyl sites for hydroxylation is 1. The zero-order valence-electron chi connectivity index (χ0n) is 7.13. The predicted molar refractivity (Wildman–Crippen MR) is 45.6 cm³/mol. The number of oxazole rings is 1. The van der Waals surface area contributed by atoms with E-state index in [4.69, 9.17) is 4.42 Å². The van der Waals surface area contributed by atoms with Crippen molar-refractivity contribution < 1.29 is 9.52 Å². The van der Waals surface area contributed by atoms with Crippen LogP contribution in [-0.4, -0.2) is 25.0 Å². The summed E-state index contributed by atoms with van der Waals surface area (Å²) in [6.07, 6.45) is 1.59. The van der Waals surface area contributed by atoms with E-state index < -0.39 is 5.60 Å². The zero-order chi connectivity index (χ0) is 8.77. The summed E-state index contributed by atoms with van der Waals surface area (Å²) in [7, 11) is 0. The molecule has 1 N–H and O–H groups in total. The van der Waals surface area contributed by atoms with Crippen LogP contribution >= 0.6 is 0 Å². The zero-order valence-corrected chi connectivity index (χ0v) is 8.84. The maximum atomic E-state index is 9.68. The molecule has 0 bridgehead atoms. The maximum absolute atomic E-state index is 9.68. The SMILES string of the molecule is C[Se]c1oc(C2(O)CC2)nc1C. The van der Waals surface area contributed by atoms with Gasteiger partial charge in [0, 0.05) is 0 Å². The number of aliphatic hydroxyl groups is 1. The van der Waals surface area contributed by atoms with Gasteiger partial charge in [-0.1, -0.05) is 0 Å². The van der Waals surface area contributed by atoms with E-state index in [1.165, 1.54) is 0 Å². The van der Waals surface area contributed by atoms with Gasteiger partial charge in [0.2, 0.25) is 0 Å². The van der Waals surface area contributed by atoms with Gasteiger partial charge in [-0.25, -0.2) is 0 Å². The fourth-order valence-corrected chi connectivity index (χ4v) is 2.16. The molecular weight excluding hydrogens is 221 g/mol. The van der Waals surface area contributed by atoms with Gasteiger partial charge in [0.15, 0.2) is 0 Å². The molecule has 0 unspecified atom stereocenters. The molecule has 0 saturated heterocycles. The third-order valence-corrected chi connectivity index (χ3v) is 3.63. The van der Waals surface area contributed by atoms with Crippen LogP contribution in [0.2, 0.25) is 5.82 Å². The number of hydrogen-bond acceptors (Lipinski definition) is 3. The summed E-state index contributed by atoms with van der Waals surface area (Å²) in [5, 5.41) is 9.68. The van der Waals surface area contributed by atoms with E-state index in [1.807, 2.05) is 6.92 Å². The number of hydrogen-bond donors (Lipinski definition) is 1. The average molecular weight is 232 g/mol. The molecular formula is C8H11NO2Se. The Morgan fingerprint density at radius 1 is 1.58 bits per heavy atom. The summed E-state index contributed by atoms with van der Waals surface area (Å²) >= 11 is 0.334. The number of nitrogens with zero attached hydrogens (tertiary/aromatic N) is 1. The third kappa shape index (κ3) is 1.20. The Morgan fingerprint density at radius 2 is 2.25 bits per heavy atom. The molecule has 0 aromatic carbocycles. The van der Waals surface area contributed by atoms with Crippen molar-refractivity contribution in [2.75, 3.05) is 0 Å². The standard InChI is InChI=1S/C8H11NO2Se/c1-5-6(12-2)11-7(9-5)8(10)3-4-8/h10H,3-4H2,1-2H3. The summed E-state index contributed by atoms with van der Waals surface area (Å²) < 4.78 is 6.41. The van der Waals surface area contributed by atoms with Crippen LogP contribution < -0.4 is 4.66 Å². The number of rotatable bonds is 2. The molecule has 3 nitrogen and oxygen atoms in total. The van der Waals surface area contributed by atoms with Gasteiger partial charge in [0.1, 0.15) is 0 Å². The van der Waals surface area contributed by atoms with Gasteiger partial charge in [-0.15, -0.1) is 0 Å². The summed E-state index contributed by atoms with van der Waals surface area (Å²) in [6.45, 7) is 1.93. The molecule has 12 heavy (non-hydrogen) atoms. The van der Waals surface area contributed by atoms with E-state index >= 15 is 0 Å². The number of aromatic nitrogens is 1. The Hall–Kier alpha value is -0.311. The van der Waals surface area contributed by atoms with Crippen LogP contribution in [-0.2, 0) is 5.60 Å². The molecule has 66 valence electrons. The molecule has 1 aromatic heterocycles. The first-order valence-corrected chi connectivity index (χ1v) is 6.47. The summed E-state index contributed by atoms with van der Waals surface area (Å²) in [5.74, 6) is 2.61. The van der Waals surface area contributed by atoms with Gasteiger partial charge in [-0.05, 0) is 0 Å². The monoisotopic (exact) mass is 233 g/mol. The second kappa shape index (κ2) is 2.59. The van der Waals surface area contributed by atoms with Crippen molar-refractivity contribution in [2.24, 2.45) is 0 Å². The van der Waals surface area contributed by atoms with E-state index in [-0.39, 0.29) is 0 Å². The van der Waals surface area contributed by atoms with Crippen LogP contribution in [0.25, 0.3) is 0 Å². The molecule has 0 radical (unpaired) electrons. The van der Waals surface area contributed by atoms with Crippen molar-refractivity contribution in [3.05, 3.63) is 11.6 Å².